The molecular formula is C16H19NO2. The molecule has 1 N–H and O–H groups in total. The first-order chi connectivity index (χ1) is 8.94. The highest BCUT2D eigenvalue weighted by molar-refractivity contribution is 5.84. The molecule has 0 spiro atoms. The Kier molecular flexibility index (Phi) is 3.74. The average Bonchev–Trinajstić information content (AvgIpc) is 2.34. The van der Waals surface area contributed by atoms with Crippen molar-refractivity contribution in [3.05, 3.63) is 42.5 Å². The predicted molar refractivity (Wildman–Crippen MR) is 77.3 cm³/mol. The van der Waals surface area contributed by atoms with Crippen LogP contribution in [-0.4, -0.2) is 18.1 Å². The molecule has 0 heterocycles. The van der Waals surface area contributed by atoms with E-state index in [0.29, 0.717) is 5.75 Å². The van der Waals surface area contributed by atoms with Gasteiger partial charge in [0.2, 0.25) is 0 Å². The highest BCUT2D eigenvalue weighted by Crippen LogP contribution is 2.20. The molecule has 0 aliphatic heterocycles. The number of ether oxygens (including phenoxy) is 1. The second kappa shape index (κ2) is 5.31. The Hall–Kier alpha value is -2.03. The summed E-state index contributed by atoms with van der Waals surface area (Å²) in [4.78, 5) is 11.7. The topological polar surface area (TPSA) is 38.3 Å². The fraction of sp³-hybridized carbons (Fsp3) is 0.312. The Morgan fingerprint density at radius 2 is 1.79 bits per heavy atom. The van der Waals surface area contributed by atoms with Crippen LogP contribution < -0.4 is 10.1 Å². The lowest BCUT2D eigenvalue weighted by atomic mass is 10.1. The number of hydrogen-bond acceptors (Lipinski definition) is 2. The van der Waals surface area contributed by atoms with Crippen molar-refractivity contribution in [2.24, 2.45) is 0 Å². The molecule has 0 aliphatic rings. The van der Waals surface area contributed by atoms with Crippen LogP contribution in [0.5, 0.6) is 5.75 Å². The van der Waals surface area contributed by atoms with Crippen molar-refractivity contribution in [3.63, 3.8) is 0 Å². The SMILES string of the molecule is CC(C)(C)NC(=O)COc1ccc2ccccc2c1. The summed E-state index contributed by atoms with van der Waals surface area (Å²) in [5.41, 5.74) is -0.232. The Morgan fingerprint density at radius 3 is 2.47 bits per heavy atom. The molecule has 2 aromatic rings. The maximum atomic E-state index is 11.7. The average molecular weight is 257 g/mol. The Morgan fingerprint density at radius 1 is 1.11 bits per heavy atom. The number of carbonyl (C=O) groups excluding carboxylic acids is 1. The van der Waals surface area contributed by atoms with E-state index in [1.165, 1.54) is 0 Å². The molecule has 0 atom stereocenters. The summed E-state index contributed by atoms with van der Waals surface area (Å²) in [6, 6.07) is 13.9. The number of hydrogen-bond donors (Lipinski definition) is 1. The van der Waals surface area contributed by atoms with Crippen molar-refractivity contribution in [3.8, 4) is 5.75 Å². The minimum atomic E-state index is -0.232. The normalized spacial score (nSPS) is 11.3. The van der Waals surface area contributed by atoms with Gasteiger partial charge in [-0.25, -0.2) is 0 Å². The van der Waals surface area contributed by atoms with Gasteiger partial charge in [-0.1, -0.05) is 30.3 Å². The highest BCUT2D eigenvalue weighted by Gasteiger charge is 2.13. The molecule has 0 radical (unpaired) electrons. The molecule has 3 heteroatoms. The molecule has 19 heavy (non-hydrogen) atoms. The zero-order valence-corrected chi connectivity index (χ0v) is 11.6. The molecule has 0 unspecified atom stereocenters. The van der Waals surface area contributed by atoms with Crippen LogP contribution in [0, 0.1) is 0 Å². The molecule has 0 saturated carbocycles. The summed E-state index contributed by atoms with van der Waals surface area (Å²) in [5, 5.41) is 5.13. The standard InChI is InChI=1S/C16H19NO2/c1-16(2,3)17-15(18)11-19-14-9-8-12-6-4-5-7-13(12)10-14/h4-10H,11H2,1-3H3,(H,17,18). The Labute approximate surface area is 113 Å². The van der Waals surface area contributed by atoms with Crippen LogP contribution in [0.15, 0.2) is 42.5 Å². The second-order valence-electron chi connectivity index (χ2n) is 5.60. The van der Waals surface area contributed by atoms with Gasteiger partial charge in [0.15, 0.2) is 6.61 Å². The van der Waals surface area contributed by atoms with Gasteiger partial charge in [-0.2, -0.15) is 0 Å². The van der Waals surface area contributed by atoms with E-state index in [1.54, 1.807) is 0 Å². The summed E-state index contributed by atoms with van der Waals surface area (Å²) >= 11 is 0. The van der Waals surface area contributed by atoms with Crippen LogP contribution >= 0.6 is 0 Å². The zero-order chi connectivity index (χ0) is 13.9. The van der Waals surface area contributed by atoms with Crippen LogP contribution in [0.4, 0.5) is 0 Å². The van der Waals surface area contributed by atoms with Crippen molar-refractivity contribution in [1.29, 1.82) is 0 Å². The number of amides is 1. The molecule has 0 aromatic heterocycles. The number of carbonyl (C=O) groups is 1. The van der Waals surface area contributed by atoms with Crippen molar-refractivity contribution in [2.75, 3.05) is 6.61 Å². The minimum Gasteiger partial charge on any atom is -0.484 e. The van der Waals surface area contributed by atoms with Crippen LogP contribution in [0.3, 0.4) is 0 Å². The largest absolute Gasteiger partial charge is 0.484 e. The first-order valence-electron chi connectivity index (χ1n) is 6.37. The molecule has 1 amide bonds. The summed E-state index contributed by atoms with van der Waals surface area (Å²) in [6.07, 6.45) is 0. The third-order valence-corrected chi connectivity index (χ3v) is 2.61. The molecule has 0 aliphatic carbocycles. The minimum absolute atomic E-state index is 0.0373. The molecule has 2 aromatic carbocycles. The number of rotatable bonds is 3. The predicted octanol–water partition coefficient (Wildman–Crippen LogP) is 3.13. The monoisotopic (exact) mass is 257 g/mol. The van der Waals surface area contributed by atoms with E-state index in [9.17, 15) is 4.79 Å². The van der Waals surface area contributed by atoms with Crippen LogP contribution in [0.25, 0.3) is 10.8 Å². The molecular weight excluding hydrogens is 238 g/mol. The molecule has 100 valence electrons. The Bertz CT molecular complexity index is 585. The molecule has 0 bridgehead atoms. The van der Waals surface area contributed by atoms with Gasteiger partial charge in [-0.3, -0.25) is 4.79 Å². The van der Waals surface area contributed by atoms with Crippen molar-refractivity contribution in [2.45, 2.75) is 26.3 Å². The van der Waals surface area contributed by atoms with E-state index in [0.717, 1.165) is 10.8 Å². The van der Waals surface area contributed by atoms with Crippen LogP contribution in [0.2, 0.25) is 0 Å². The maximum absolute atomic E-state index is 11.7. The Balaban J connectivity index is 2.00. The molecule has 0 saturated heterocycles. The van der Waals surface area contributed by atoms with Crippen molar-refractivity contribution < 1.29 is 9.53 Å². The van der Waals surface area contributed by atoms with Gasteiger partial charge in [-0.05, 0) is 43.7 Å². The second-order valence-corrected chi connectivity index (χ2v) is 5.60. The lowest BCUT2D eigenvalue weighted by molar-refractivity contribution is -0.124. The van der Waals surface area contributed by atoms with Gasteiger partial charge in [0, 0.05) is 5.54 Å². The lowest BCUT2D eigenvalue weighted by Crippen LogP contribution is -2.43. The lowest BCUT2D eigenvalue weighted by Gasteiger charge is -2.20. The summed E-state index contributed by atoms with van der Waals surface area (Å²) in [7, 11) is 0. The van der Waals surface area contributed by atoms with Gasteiger partial charge in [0.25, 0.3) is 5.91 Å². The molecule has 2 rings (SSSR count). The van der Waals surface area contributed by atoms with E-state index in [4.69, 9.17) is 4.74 Å². The van der Waals surface area contributed by atoms with Gasteiger partial charge in [-0.15, -0.1) is 0 Å². The van der Waals surface area contributed by atoms with Gasteiger partial charge in [0.1, 0.15) is 5.75 Å². The number of benzene rings is 2. The summed E-state index contributed by atoms with van der Waals surface area (Å²) in [5.74, 6) is 0.600. The van der Waals surface area contributed by atoms with Crippen molar-refractivity contribution >= 4 is 16.7 Å². The summed E-state index contributed by atoms with van der Waals surface area (Å²) < 4.78 is 5.51. The zero-order valence-electron chi connectivity index (χ0n) is 11.6. The van der Waals surface area contributed by atoms with E-state index in [1.807, 2.05) is 63.2 Å². The first-order valence-corrected chi connectivity index (χ1v) is 6.37. The molecule has 0 fully saturated rings. The van der Waals surface area contributed by atoms with Gasteiger partial charge in [0.05, 0.1) is 0 Å². The quantitative estimate of drug-likeness (QED) is 0.917. The maximum Gasteiger partial charge on any atom is 0.258 e. The van der Waals surface area contributed by atoms with E-state index in [-0.39, 0.29) is 18.1 Å². The van der Waals surface area contributed by atoms with E-state index < -0.39 is 0 Å². The van der Waals surface area contributed by atoms with Crippen LogP contribution in [0.1, 0.15) is 20.8 Å². The third kappa shape index (κ3) is 3.98. The first kappa shape index (κ1) is 13.4. The fourth-order valence-corrected chi connectivity index (χ4v) is 1.86. The summed E-state index contributed by atoms with van der Waals surface area (Å²) in [6.45, 7) is 5.87. The highest BCUT2D eigenvalue weighted by atomic mass is 16.5. The van der Waals surface area contributed by atoms with Crippen LogP contribution in [-0.2, 0) is 4.79 Å². The fourth-order valence-electron chi connectivity index (χ4n) is 1.86. The third-order valence-electron chi connectivity index (χ3n) is 2.61. The smallest absolute Gasteiger partial charge is 0.258 e. The van der Waals surface area contributed by atoms with E-state index in [2.05, 4.69) is 5.32 Å². The number of nitrogens with one attached hydrogen (secondary N) is 1. The molecule has 3 nitrogen and oxygen atoms in total. The van der Waals surface area contributed by atoms with Gasteiger partial charge < -0.3 is 10.1 Å². The van der Waals surface area contributed by atoms with Gasteiger partial charge >= 0.3 is 0 Å². The van der Waals surface area contributed by atoms with E-state index >= 15 is 0 Å². The number of fused-ring (bicyclic) bond motifs is 1. The van der Waals surface area contributed by atoms with Crippen molar-refractivity contribution in [1.82, 2.24) is 5.32 Å².